The first-order chi connectivity index (χ1) is 7.35. The van der Waals surface area contributed by atoms with Crippen molar-refractivity contribution in [3.63, 3.8) is 0 Å². The number of nitrogens with zero attached hydrogens (tertiary/aromatic N) is 2. The van der Waals surface area contributed by atoms with E-state index in [2.05, 4.69) is 16.8 Å². The zero-order valence-corrected chi connectivity index (χ0v) is 9.85. The lowest BCUT2D eigenvalue weighted by Crippen LogP contribution is -2.36. The van der Waals surface area contributed by atoms with Crippen molar-refractivity contribution in [2.45, 2.75) is 19.9 Å². The Morgan fingerprint density at radius 3 is 2.73 bits per heavy atom. The predicted octanol–water partition coefficient (Wildman–Crippen LogP) is 1.00. The molecule has 1 aromatic rings. The maximum absolute atomic E-state index is 5.70. The van der Waals surface area contributed by atoms with Crippen LogP contribution in [0.25, 0.3) is 0 Å². The average Bonchev–Trinajstić information content (AvgIpc) is 2.73. The van der Waals surface area contributed by atoms with Crippen LogP contribution in [0.3, 0.4) is 0 Å². The summed E-state index contributed by atoms with van der Waals surface area (Å²) >= 11 is 1.72. The van der Waals surface area contributed by atoms with E-state index in [1.54, 1.807) is 11.3 Å². The first-order valence-electron chi connectivity index (χ1n) is 5.36. The van der Waals surface area contributed by atoms with E-state index in [1.165, 1.54) is 4.88 Å². The maximum atomic E-state index is 5.70. The lowest BCUT2D eigenvalue weighted by atomic mass is 10.3. The molecule has 2 N–H and O–H groups in total. The van der Waals surface area contributed by atoms with Crippen LogP contribution in [0, 0.1) is 0 Å². The van der Waals surface area contributed by atoms with E-state index in [1.807, 2.05) is 0 Å². The molecule has 1 aliphatic heterocycles. The molecule has 0 amide bonds. The van der Waals surface area contributed by atoms with Gasteiger partial charge in [-0.1, -0.05) is 6.92 Å². The Kier molecular flexibility index (Phi) is 3.56. The summed E-state index contributed by atoms with van der Waals surface area (Å²) in [5, 5.41) is 1.11. The molecule has 1 fully saturated rings. The molecule has 0 bridgehead atoms. The summed E-state index contributed by atoms with van der Waals surface area (Å²) in [7, 11) is 0. The summed E-state index contributed by atoms with van der Waals surface area (Å²) in [5.74, 6) is 0. The maximum Gasteiger partial charge on any atom is 0.185 e. The molecule has 0 atom stereocenters. The SMILES string of the molecule is CCc1nc(N2CCOCC2)sc1CN. The van der Waals surface area contributed by atoms with E-state index in [9.17, 15) is 0 Å². The first-order valence-corrected chi connectivity index (χ1v) is 6.18. The summed E-state index contributed by atoms with van der Waals surface area (Å²) in [6.07, 6.45) is 0.966. The third-order valence-electron chi connectivity index (χ3n) is 2.57. The molecule has 0 aliphatic carbocycles. The number of aromatic nitrogens is 1. The Bertz CT molecular complexity index is 299. The summed E-state index contributed by atoms with van der Waals surface area (Å²) in [5.41, 5.74) is 6.85. The molecule has 1 aromatic heterocycles. The van der Waals surface area contributed by atoms with E-state index in [4.69, 9.17) is 10.5 Å². The Hall–Kier alpha value is -0.650. The van der Waals surface area contributed by atoms with Crippen LogP contribution in [0.2, 0.25) is 0 Å². The molecule has 0 saturated carbocycles. The highest BCUT2D eigenvalue weighted by atomic mass is 32.1. The van der Waals surface area contributed by atoms with Crippen LogP contribution in [-0.4, -0.2) is 31.3 Å². The third kappa shape index (κ3) is 2.30. The van der Waals surface area contributed by atoms with Gasteiger partial charge in [0.1, 0.15) is 0 Å². The zero-order valence-electron chi connectivity index (χ0n) is 9.03. The number of ether oxygens (including phenoxy) is 1. The Morgan fingerprint density at radius 1 is 1.47 bits per heavy atom. The van der Waals surface area contributed by atoms with Gasteiger partial charge in [0, 0.05) is 24.5 Å². The quantitative estimate of drug-likeness (QED) is 0.837. The second kappa shape index (κ2) is 4.92. The van der Waals surface area contributed by atoms with Crippen LogP contribution in [-0.2, 0) is 17.7 Å². The van der Waals surface area contributed by atoms with Crippen molar-refractivity contribution in [1.82, 2.24) is 4.98 Å². The molecular weight excluding hydrogens is 210 g/mol. The zero-order chi connectivity index (χ0) is 10.7. The molecule has 0 spiro atoms. The molecule has 0 aromatic carbocycles. The van der Waals surface area contributed by atoms with Gasteiger partial charge in [-0.05, 0) is 6.42 Å². The van der Waals surface area contributed by atoms with Gasteiger partial charge in [-0.25, -0.2) is 4.98 Å². The van der Waals surface area contributed by atoms with Crippen molar-refractivity contribution < 1.29 is 4.74 Å². The highest BCUT2D eigenvalue weighted by molar-refractivity contribution is 7.15. The average molecular weight is 227 g/mol. The van der Waals surface area contributed by atoms with Crippen molar-refractivity contribution in [1.29, 1.82) is 0 Å². The largest absolute Gasteiger partial charge is 0.378 e. The lowest BCUT2D eigenvalue weighted by Gasteiger charge is -2.26. The summed E-state index contributed by atoms with van der Waals surface area (Å²) in [6, 6.07) is 0. The van der Waals surface area contributed by atoms with Crippen molar-refractivity contribution in [3.05, 3.63) is 10.6 Å². The number of thiazole rings is 1. The molecule has 1 aliphatic rings. The fourth-order valence-electron chi connectivity index (χ4n) is 1.70. The van der Waals surface area contributed by atoms with Gasteiger partial charge in [0.2, 0.25) is 0 Å². The minimum Gasteiger partial charge on any atom is -0.378 e. The molecule has 15 heavy (non-hydrogen) atoms. The molecule has 4 nitrogen and oxygen atoms in total. The normalized spacial score (nSPS) is 17.1. The number of hydrogen-bond donors (Lipinski definition) is 1. The van der Waals surface area contributed by atoms with Crippen LogP contribution in [0.15, 0.2) is 0 Å². The van der Waals surface area contributed by atoms with Gasteiger partial charge in [-0.3, -0.25) is 0 Å². The Labute approximate surface area is 94.1 Å². The Balaban J connectivity index is 2.16. The molecule has 2 rings (SSSR count). The molecule has 1 saturated heterocycles. The van der Waals surface area contributed by atoms with Crippen molar-refractivity contribution in [2.75, 3.05) is 31.2 Å². The Morgan fingerprint density at radius 2 is 2.20 bits per heavy atom. The molecule has 2 heterocycles. The molecule has 0 unspecified atom stereocenters. The standard InChI is InChI=1S/C10H17N3OS/c1-2-8-9(7-11)15-10(12-8)13-3-5-14-6-4-13/h2-7,11H2,1H3. The van der Waals surface area contributed by atoms with E-state index in [0.717, 1.165) is 43.5 Å². The van der Waals surface area contributed by atoms with Crippen LogP contribution in [0.5, 0.6) is 0 Å². The molecular formula is C10H17N3OS. The highest BCUT2D eigenvalue weighted by Gasteiger charge is 2.16. The molecule has 0 radical (unpaired) electrons. The van der Waals surface area contributed by atoms with Crippen LogP contribution in [0.1, 0.15) is 17.5 Å². The minimum absolute atomic E-state index is 0.602. The van der Waals surface area contributed by atoms with E-state index in [-0.39, 0.29) is 0 Å². The van der Waals surface area contributed by atoms with E-state index in [0.29, 0.717) is 6.54 Å². The summed E-state index contributed by atoms with van der Waals surface area (Å²) in [4.78, 5) is 8.14. The highest BCUT2D eigenvalue weighted by Crippen LogP contribution is 2.26. The topological polar surface area (TPSA) is 51.4 Å². The van der Waals surface area contributed by atoms with E-state index < -0.39 is 0 Å². The van der Waals surface area contributed by atoms with Gasteiger partial charge in [0.05, 0.1) is 18.9 Å². The second-order valence-corrected chi connectivity index (χ2v) is 4.59. The third-order valence-corrected chi connectivity index (χ3v) is 3.75. The van der Waals surface area contributed by atoms with Crippen molar-refractivity contribution in [3.8, 4) is 0 Å². The monoisotopic (exact) mass is 227 g/mol. The lowest BCUT2D eigenvalue weighted by molar-refractivity contribution is 0.122. The molecule has 5 heteroatoms. The predicted molar refractivity (Wildman–Crippen MR) is 62.4 cm³/mol. The fourth-order valence-corrected chi connectivity index (χ4v) is 2.77. The smallest absolute Gasteiger partial charge is 0.185 e. The van der Waals surface area contributed by atoms with Crippen LogP contribution in [0.4, 0.5) is 5.13 Å². The fraction of sp³-hybridized carbons (Fsp3) is 0.700. The number of rotatable bonds is 3. The minimum atomic E-state index is 0.602. The first kappa shape index (κ1) is 10.9. The van der Waals surface area contributed by atoms with Crippen LogP contribution >= 0.6 is 11.3 Å². The van der Waals surface area contributed by atoms with Gasteiger partial charge in [0.25, 0.3) is 0 Å². The summed E-state index contributed by atoms with van der Waals surface area (Å²) in [6.45, 7) is 6.22. The van der Waals surface area contributed by atoms with Gasteiger partial charge in [-0.15, -0.1) is 11.3 Å². The van der Waals surface area contributed by atoms with Crippen molar-refractivity contribution in [2.24, 2.45) is 5.73 Å². The van der Waals surface area contributed by atoms with Crippen molar-refractivity contribution >= 4 is 16.5 Å². The number of nitrogens with two attached hydrogens (primary N) is 1. The number of anilines is 1. The van der Waals surface area contributed by atoms with Gasteiger partial charge in [-0.2, -0.15) is 0 Å². The number of hydrogen-bond acceptors (Lipinski definition) is 5. The molecule has 84 valence electrons. The second-order valence-electron chi connectivity index (χ2n) is 3.52. The van der Waals surface area contributed by atoms with Gasteiger partial charge < -0.3 is 15.4 Å². The summed E-state index contributed by atoms with van der Waals surface area (Å²) < 4.78 is 5.32. The number of morpholine rings is 1. The van der Waals surface area contributed by atoms with E-state index >= 15 is 0 Å². The van der Waals surface area contributed by atoms with Gasteiger partial charge >= 0.3 is 0 Å². The van der Waals surface area contributed by atoms with Crippen LogP contribution < -0.4 is 10.6 Å². The van der Waals surface area contributed by atoms with Gasteiger partial charge in [0.15, 0.2) is 5.13 Å². The number of aryl methyl sites for hydroxylation is 1.